The highest BCUT2D eigenvalue weighted by Gasteiger charge is 2.26. The quantitative estimate of drug-likeness (QED) is 0.467. The second-order valence-corrected chi connectivity index (χ2v) is 7.71. The smallest absolute Gasteiger partial charge is 0.157 e. The molecule has 3 aromatic heterocycles. The van der Waals surface area contributed by atoms with Crippen molar-refractivity contribution in [3.63, 3.8) is 0 Å². The summed E-state index contributed by atoms with van der Waals surface area (Å²) in [5.41, 5.74) is 6.22. The SMILES string of the molecule is COc1cc(C=O)cc2nc(-c3cc4scnc4n3CC3CC3)n(C)c12.Cl. The van der Waals surface area contributed by atoms with E-state index in [4.69, 9.17) is 9.72 Å². The summed E-state index contributed by atoms with van der Waals surface area (Å²) >= 11 is 1.65. The van der Waals surface area contributed by atoms with Gasteiger partial charge in [0, 0.05) is 19.2 Å². The fourth-order valence-electron chi connectivity index (χ4n) is 3.58. The molecule has 4 aromatic rings. The molecule has 27 heavy (non-hydrogen) atoms. The van der Waals surface area contributed by atoms with E-state index in [0.29, 0.717) is 11.3 Å². The standard InChI is InChI=1S/C19H18N4O2S.ClH/c1-22-17-13(5-12(9-24)6-15(17)25-2)21-18(22)14-7-16-19(20-10-26-16)23(14)8-11-3-4-11;/h5-7,9-11H,3-4,8H2,1-2H3;1H. The second kappa shape index (κ2) is 6.65. The first kappa shape index (κ1) is 18.0. The van der Waals surface area contributed by atoms with Crippen molar-refractivity contribution < 1.29 is 9.53 Å². The monoisotopic (exact) mass is 402 g/mol. The molecule has 0 radical (unpaired) electrons. The van der Waals surface area contributed by atoms with Gasteiger partial charge in [-0.05, 0) is 37.0 Å². The molecule has 0 aliphatic heterocycles. The van der Waals surface area contributed by atoms with E-state index in [9.17, 15) is 4.79 Å². The third-order valence-electron chi connectivity index (χ3n) is 5.07. The van der Waals surface area contributed by atoms with Gasteiger partial charge in [-0.3, -0.25) is 4.79 Å². The zero-order chi connectivity index (χ0) is 17.8. The number of carbonyl (C=O) groups is 1. The van der Waals surface area contributed by atoms with Crippen LogP contribution in [0.2, 0.25) is 0 Å². The molecule has 6 nitrogen and oxygen atoms in total. The van der Waals surface area contributed by atoms with Gasteiger partial charge in [-0.1, -0.05) is 0 Å². The Morgan fingerprint density at radius 1 is 1.33 bits per heavy atom. The van der Waals surface area contributed by atoms with Gasteiger partial charge in [0.05, 0.1) is 28.5 Å². The molecule has 0 bridgehead atoms. The number of halogens is 1. The maximum Gasteiger partial charge on any atom is 0.157 e. The maximum absolute atomic E-state index is 11.2. The number of hydrogen-bond donors (Lipinski definition) is 0. The Balaban J connectivity index is 0.00000180. The number of carbonyl (C=O) groups excluding carboxylic acids is 1. The average molecular weight is 403 g/mol. The molecule has 0 atom stereocenters. The minimum absolute atomic E-state index is 0. The van der Waals surface area contributed by atoms with E-state index in [1.165, 1.54) is 17.5 Å². The number of imidazole rings is 1. The molecular weight excluding hydrogens is 384 g/mol. The first-order chi connectivity index (χ1) is 12.7. The van der Waals surface area contributed by atoms with Crippen molar-refractivity contribution >= 4 is 51.4 Å². The molecule has 0 unspecified atom stereocenters. The lowest BCUT2D eigenvalue weighted by Crippen LogP contribution is -2.05. The minimum Gasteiger partial charge on any atom is -0.494 e. The highest BCUT2D eigenvalue weighted by Crippen LogP contribution is 2.38. The molecule has 0 saturated heterocycles. The number of methoxy groups -OCH3 is 1. The molecule has 0 amide bonds. The van der Waals surface area contributed by atoms with Crippen LogP contribution in [0.1, 0.15) is 23.2 Å². The van der Waals surface area contributed by atoms with Crippen molar-refractivity contribution in [2.45, 2.75) is 19.4 Å². The number of nitrogens with zero attached hydrogens (tertiary/aromatic N) is 4. The molecule has 5 rings (SSSR count). The van der Waals surface area contributed by atoms with Gasteiger partial charge < -0.3 is 13.9 Å². The first-order valence-corrected chi connectivity index (χ1v) is 9.50. The van der Waals surface area contributed by atoms with E-state index in [-0.39, 0.29) is 12.4 Å². The minimum atomic E-state index is 0. The lowest BCUT2D eigenvalue weighted by atomic mass is 10.2. The van der Waals surface area contributed by atoms with E-state index in [1.807, 2.05) is 23.2 Å². The summed E-state index contributed by atoms with van der Waals surface area (Å²) in [5, 5.41) is 0. The van der Waals surface area contributed by atoms with Crippen molar-refractivity contribution in [3.05, 3.63) is 29.3 Å². The Kier molecular flexibility index (Phi) is 4.44. The Morgan fingerprint density at radius 3 is 2.85 bits per heavy atom. The molecule has 0 spiro atoms. The van der Waals surface area contributed by atoms with Crippen LogP contribution in [0.4, 0.5) is 0 Å². The summed E-state index contributed by atoms with van der Waals surface area (Å²) in [6.45, 7) is 0.975. The van der Waals surface area contributed by atoms with Crippen LogP contribution < -0.4 is 4.74 Å². The van der Waals surface area contributed by atoms with E-state index in [1.54, 1.807) is 24.5 Å². The molecule has 0 N–H and O–H groups in total. The van der Waals surface area contributed by atoms with Crippen LogP contribution in [-0.2, 0) is 13.6 Å². The number of ether oxygens (including phenoxy) is 1. The summed E-state index contributed by atoms with van der Waals surface area (Å²) < 4.78 is 11.0. The average Bonchev–Trinajstić information content (AvgIpc) is 3.10. The predicted octanol–water partition coefficient (Wildman–Crippen LogP) is 4.30. The molecule has 140 valence electrons. The Hall–Kier alpha value is -2.38. The Labute approximate surface area is 166 Å². The number of thiazole rings is 1. The number of benzene rings is 1. The summed E-state index contributed by atoms with van der Waals surface area (Å²) in [7, 11) is 3.61. The zero-order valence-corrected chi connectivity index (χ0v) is 16.6. The number of rotatable bonds is 5. The number of aryl methyl sites for hydroxylation is 1. The summed E-state index contributed by atoms with van der Waals surface area (Å²) in [6, 6.07) is 5.73. The fourth-order valence-corrected chi connectivity index (χ4v) is 4.29. The van der Waals surface area contributed by atoms with Gasteiger partial charge in [0.2, 0.25) is 0 Å². The van der Waals surface area contributed by atoms with E-state index < -0.39 is 0 Å². The van der Waals surface area contributed by atoms with Crippen LogP contribution in [0.5, 0.6) is 5.75 Å². The Bertz CT molecular complexity index is 1160. The summed E-state index contributed by atoms with van der Waals surface area (Å²) in [4.78, 5) is 20.7. The van der Waals surface area contributed by atoms with Gasteiger partial charge in [-0.25, -0.2) is 9.97 Å². The topological polar surface area (TPSA) is 61.9 Å². The van der Waals surface area contributed by atoms with Crippen molar-refractivity contribution in [3.8, 4) is 17.3 Å². The van der Waals surface area contributed by atoms with Gasteiger partial charge in [-0.2, -0.15) is 0 Å². The molecule has 1 saturated carbocycles. The predicted molar refractivity (Wildman–Crippen MR) is 109 cm³/mol. The summed E-state index contributed by atoms with van der Waals surface area (Å²) in [5.74, 6) is 2.26. The molecule has 1 fully saturated rings. The van der Waals surface area contributed by atoms with Gasteiger partial charge in [0.1, 0.15) is 17.6 Å². The maximum atomic E-state index is 11.2. The van der Waals surface area contributed by atoms with Gasteiger partial charge in [-0.15, -0.1) is 23.7 Å². The number of fused-ring (bicyclic) bond motifs is 2. The van der Waals surface area contributed by atoms with E-state index in [2.05, 4.69) is 15.6 Å². The lowest BCUT2D eigenvalue weighted by molar-refractivity contribution is 0.112. The largest absolute Gasteiger partial charge is 0.494 e. The van der Waals surface area contributed by atoms with Crippen LogP contribution >= 0.6 is 23.7 Å². The molecule has 1 aliphatic carbocycles. The van der Waals surface area contributed by atoms with Gasteiger partial charge in [0.15, 0.2) is 11.5 Å². The first-order valence-electron chi connectivity index (χ1n) is 8.62. The number of hydrogen-bond acceptors (Lipinski definition) is 5. The molecular formula is C19H19ClN4O2S. The van der Waals surface area contributed by atoms with Gasteiger partial charge in [0.25, 0.3) is 0 Å². The highest BCUT2D eigenvalue weighted by molar-refractivity contribution is 7.16. The van der Waals surface area contributed by atoms with Crippen molar-refractivity contribution in [1.29, 1.82) is 0 Å². The molecule has 1 aliphatic rings. The van der Waals surface area contributed by atoms with Crippen LogP contribution in [0.25, 0.3) is 32.9 Å². The van der Waals surface area contributed by atoms with Crippen LogP contribution in [0.3, 0.4) is 0 Å². The molecule has 3 heterocycles. The van der Waals surface area contributed by atoms with Crippen molar-refractivity contribution in [2.24, 2.45) is 13.0 Å². The molecule has 1 aromatic carbocycles. The number of aldehydes is 1. The van der Waals surface area contributed by atoms with Gasteiger partial charge >= 0.3 is 0 Å². The third-order valence-corrected chi connectivity index (χ3v) is 5.83. The zero-order valence-electron chi connectivity index (χ0n) is 15.0. The third kappa shape index (κ3) is 2.82. The van der Waals surface area contributed by atoms with Crippen LogP contribution in [-0.4, -0.2) is 32.5 Å². The molecule has 8 heteroatoms. The Morgan fingerprint density at radius 2 is 2.15 bits per heavy atom. The fraction of sp³-hybridized carbons (Fsp3) is 0.316. The van der Waals surface area contributed by atoms with E-state index >= 15 is 0 Å². The number of aromatic nitrogens is 4. The van der Waals surface area contributed by atoms with Crippen molar-refractivity contribution in [2.75, 3.05) is 7.11 Å². The van der Waals surface area contributed by atoms with E-state index in [0.717, 1.165) is 46.9 Å². The summed E-state index contributed by atoms with van der Waals surface area (Å²) in [6.07, 6.45) is 3.39. The second-order valence-electron chi connectivity index (χ2n) is 6.83. The lowest BCUT2D eigenvalue weighted by Gasteiger charge is -2.10. The van der Waals surface area contributed by atoms with Crippen LogP contribution in [0, 0.1) is 5.92 Å². The van der Waals surface area contributed by atoms with Crippen LogP contribution in [0.15, 0.2) is 23.7 Å². The van der Waals surface area contributed by atoms with Crippen molar-refractivity contribution in [1.82, 2.24) is 19.1 Å². The highest BCUT2D eigenvalue weighted by atomic mass is 35.5. The normalized spacial score (nSPS) is 13.9.